The highest BCUT2D eigenvalue weighted by molar-refractivity contribution is 5.84. The number of hydrogen-bond donors (Lipinski definition) is 2. The largest absolute Gasteiger partial charge is 0.351 e. The standard InChI is InChI=1S/C9H16N2O2/c1-4-8(12)11-6-9(13)10-5-7(2)3/h2,4-6H2,1,3H3,(H,10,13)(H,11,12). The second kappa shape index (κ2) is 6.22. The van der Waals surface area contributed by atoms with Crippen molar-refractivity contribution in [2.75, 3.05) is 13.1 Å². The van der Waals surface area contributed by atoms with E-state index in [-0.39, 0.29) is 18.4 Å². The number of hydrogen-bond acceptors (Lipinski definition) is 2. The quantitative estimate of drug-likeness (QED) is 0.600. The van der Waals surface area contributed by atoms with Gasteiger partial charge in [0, 0.05) is 13.0 Å². The molecule has 0 rings (SSSR count). The summed E-state index contributed by atoms with van der Waals surface area (Å²) in [4.78, 5) is 21.7. The van der Waals surface area contributed by atoms with Crippen molar-refractivity contribution in [3.8, 4) is 0 Å². The lowest BCUT2D eigenvalue weighted by molar-refractivity contribution is -0.125. The van der Waals surface area contributed by atoms with Crippen LogP contribution in [0.4, 0.5) is 0 Å². The van der Waals surface area contributed by atoms with Gasteiger partial charge in [0.25, 0.3) is 0 Å². The summed E-state index contributed by atoms with van der Waals surface area (Å²) < 4.78 is 0. The van der Waals surface area contributed by atoms with Crippen LogP contribution in [-0.4, -0.2) is 24.9 Å². The van der Waals surface area contributed by atoms with Crippen LogP contribution >= 0.6 is 0 Å². The minimum Gasteiger partial charge on any atom is -0.351 e. The highest BCUT2D eigenvalue weighted by Crippen LogP contribution is 1.81. The number of rotatable bonds is 5. The first-order valence-corrected chi connectivity index (χ1v) is 4.24. The molecule has 0 aromatic carbocycles. The second-order valence-corrected chi connectivity index (χ2v) is 2.86. The van der Waals surface area contributed by atoms with E-state index >= 15 is 0 Å². The van der Waals surface area contributed by atoms with Crippen LogP contribution in [0, 0.1) is 0 Å². The summed E-state index contributed by atoms with van der Waals surface area (Å²) in [6.45, 7) is 7.70. The Balaban J connectivity index is 3.52. The van der Waals surface area contributed by atoms with Gasteiger partial charge in [0.05, 0.1) is 6.54 Å². The maximum atomic E-state index is 11.0. The van der Waals surface area contributed by atoms with Crippen molar-refractivity contribution >= 4 is 11.8 Å². The molecular formula is C9H16N2O2. The summed E-state index contributed by atoms with van der Waals surface area (Å²) >= 11 is 0. The summed E-state index contributed by atoms with van der Waals surface area (Å²) in [5, 5.41) is 5.08. The van der Waals surface area contributed by atoms with Gasteiger partial charge in [-0.1, -0.05) is 19.1 Å². The molecular weight excluding hydrogens is 168 g/mol. The van der Waals surface area contributed by atoms with Gasteiger partial charge >= 0.3 is 0 Å². The number of nitrogens with one attached hydrogen (secondary N) is 2. The second-order valence-electron chi connectivity index (χ2n) is 2.86. The number of amides is 2. The fourth-order valence-electron chi connectivity index (χ4n) is 0.616. The summed E-state index contributed by atoms with van der Waals surface area (Å²) in [5.41, 5.74) is 0.884. The van der Waals surface area contributed by atoms with Crippen molar-refractivity contribution in [2.45, 2.75) is 20.3 Å². The van der Waals surface area contributed by atoms with Gasteiger partial charge in [-0.05, 0) is 6.92 Å². The Morgan fingerprint density at radius 1 is 1.15 bits per heavy atom. The molecule has 0 aliphatic heterocycles. The lowest BCUT2D eigenvalue weighted by atomic mass is 10.3. The first-order chi connectivity index (χ1) is 6.06. The SMILES string of the molecule is C=C(C)CNC(=O)CNC(=O)CC. The molecule has 0 fully saturated rings. The van der Waals surface area contributed by atoms with E-state index in [9.17, 15) is 9.59 Å². The van der Waals surface area contributed by atoms with Crippen LogP contribution in [0.5, 0.6) is 0 Å². The van der Waals surface area contributed by atoms with E-state index in [0.29, 0.717) is 13.0 Å². The molecule has 0 heterocycles. The Morgan fingerprint density at radius 3 is 2.15 bits per heavy atom. The molecule has 74 valence electrons. The highest BCUT2D eigenvalue weighted by Gasteiger charge is 2.01. The molecule has 0 bridgehead atoms. The first kappa shape index (κ1) is 11.7. The van der Waals surface area contributed by atoms with Crippen LogP contribution in [0.1, 0.15) is 20.3 Å². The van der Waals surface area contributed by atoms with Gasteiger partial charge in [0.15, 0.2) is 0 Å². The molecule has 0 aromatic heterocycles. The Hall–Kier alpha value is -1.32. The molecule has 13 heavy (non-hydrogen) atoms. The zero-order valence-corrected chi connectivity index (χ0v) is 8.14. The zero-order valence-electron chi connectivity index (χ0n) is 8.14. The van der Waals surface area contributed by atoms with Gasteiger partial charge < -0.3 is 10.6 Å². The maximum absolute atomic E-state index is 11.0. The Morgan fingerprint density at radius 2 is 1.69 bits per heavy atom. The van der Waals surface area contributed by atoms with Crippen molar-refractivity contribution in [3.05, 3.63) is 12.2 Å². The molecule has 0 radical (unpaired) electrons. The zero-order chi connectivity index (χ0) is 10.3. The minimum absolute atomic E-state index is 0.0416. The highest BCUT2D eigenvalue weighted by atomic mass is 16.2. The van der Waals surface area contributed by atoms with Crippen molar-refractivity contribution in [3.63, 3.8) is 0 Å². The topological polar surface area (TPSA) is 58.2 Å². The summed E-state index contributed by atoms with van der Waals surface area (Å²) in [6, 6.07) is 0. The molecule has 2 amide bonds. The van der Waals surface area contributed by atoms with E-state index in [2.05, 4.69) is 17.2 Å². The lowest BCUT2D eigenvalue weighted by Gasteiger charge is -2.05. The van der Waals surface area contributed by atoms with E-state index in [1.807, 2.05) is 6.92 Å². The summed E-state index contributed by atoms with van der Waals surface area (Å²) in [5.74, 6) is -0.310. The molecule has 4 nitrogen and oxygen atoms in total. The van der Waals surface area contributed by atoms with Gasteiger partial charge in [0.1, 0.15) is 0 Å². The molecule has 0 aliphatic rings. The maximum Gasteiger partial charge on any atom is 0.239 e. The van der Waals surface area contributed by atoms with Crippen molar-refractivity contribution in [1.82, 2.24) is 10.6 Å². The van der Waals surface area contributed by atoms with Crippen LogP contribution < -0.4 is 10.6 Å². The molecule has 2 N–H and O–H groups in total. The van der Waals surface area contributed by atoms with Crippen molar-refractivity contribution in [1.29, 1.82) is 0 Å². The average molecular weight is 184 g/mol. The Bertz CT molecular complexity index is 212. The molecule has 0 atom stereocenters. The molecule has 4 heteroatoms. The van der Waals surface area contributed by atoms with Crippen molar-refractivity contribution in [2.24, 2.45) is 0 Å². The third kappa shape index (κ3) is 7.05. The first-order valence-electron chi connectivity index (χ1n) is 4.24. The fraction of sp³-hybridized carbons (Fsp3) is 0.556. The molecule has 0 aliphatic carbocycles. The van der Waals surface area contributed by atoms with Gasteiger partial charge in [-0.15, -0.1) is 0 Å². The molecule has 0 saturated heterocycles. The van der Waals surface area contributed by atoms with Gasteiger partial charge in [0.2, 0.25) is 11.8 Å². The van der Waals surface area contributed by atoms with Gasteiger partial charge in [-0.2, -0.15) is 0 Å². The van der Waals surface area contributed by atoms with E-state index < -0.39 is 0 Å². The van der Waals surface area contributed by atoms with E-state index in [1.54, 1.807) is 6.92 Å². The molecule has 0 unspecified atom stereocenters. The predicted octanol–water partition coefficient (Wildman–Crippen LogP) is 0.205. The van der Waals surface area contributed by atoms with Crippen LogP contribution in [-0.2, 0) is 9.59 Å². The number of carbonyl (C=O) groups is 2. The summed E-state index contributed by atoms with van der Waals surface area (Å²) in [6.07, 6.45) is 0.397. The third-order valence-electron chi connectivity index (χ3n) is 1.35. The predicted molar refractivity (Wildman–Crippen MR) is 51.1 cm³/mol. The lowest BCUT2D eigenvalue weighted by Crippen LogP contribution is -2.37. The van der Waals surface area contributed by atoms with Crippen molar-refractivity contribution < 1.29 is 9.59 Å². The number of carbonyl (C=O) groups excluding carboxylic acids is 2. The normalized spacial score (nSPS) is 9.08. The minimum atomic E-state index is -0.190. The van der Waals surface area contributed by atoms with E-state index in [4.69, 9.17) is 0 Å². The van der Waals surface area contributed by atoms with Crippen LogP contribution in [0.3, 0.4) is 0 Å². The van der Waals surface area contributed by atoms with Gasteiger partial charge in [-0.3, -0.25) is 9.59 Å². The van der Waals surface area contributed by atoms with E-state index in [1.165, 1.54) is 0 Å². The molecule has 0 saturated carbocycles. The van der Waals surface area contributed by atoms with Crippen LogP contribution in [0.2, 0.25) is 0 Å². The smallest absolute Gasteiger partial charge is 0.239 e. The molecule has 0 spiro atoms. The molecule has 0 aromatic rings. The van der Waals surface area contributed by atoms with Gasteiger partial charge in [-0.25, -0.2) is 0 Å². The Kier molecular flexibility index (Phi) is 5.59. The fourth-order valence-corrected chi connectivity index (χ4v) is 0.616. The van der Waals surface area contributed by atoms with Crippen LogP contribution in [0.25, 0.3) is 0 Å². The Labute approximate surface area is 78.4 Å². The summed E-state index contributed by atoms with van der Waals surface area (Å²) in [7, 11) is 0. The van der Waals surface area contributed by atoms with Crippen LogP contribution in [0.15, 0.2) is 12.2 Å². The third-order valence-corrected chi connectivity index (χ3v) is 1.35. The van der Waals surface area contributed by atoms with E-state index in [0.717, 1.165) is 5.57 Å². The average Bonchev–Trinajstić information content (AvgIpc) is 2.10. The monoisotopic (exact) mass is 184 g/mol.